The molecule has 0 aliphatic heterocycles. The van der Waals surface area contributed by atoms with Crippen LogP contribution in [0.1, 0.15) is 51.2 Å². The number of rotatable bonds is 9. The van der Waals surface area contributed by atoms with E-state index in [0.29, 0.717) is 35.6 Å². The smallest absolute Gasteiger partial charge is 0.421 e. The minimum absolute atomic E-state index is 0.0533. The van der Waals surface area contributed by atoms with E-state index in [0.717, 1.165) is 18.2 Å². The maximum Gasteiger partial charge on any atom is 0.421 e. The van der Waals surface area contributed by atoms with Crippen molar-refractivity contribution in [1.82, 2.24) is 9.97 Å². The van der Waals surface area contributed by atoms with Crippen LogP contribution in [0.5, 0.6) is 5.75 Å². The Morgan fingerprint density at radius 3 is 2.09 bits per heavy atom. The summed E-state index contributed by atoms with van der Waals surface area (Å²) in [6.45, 7) is 8.92. The highest BCUT2D eigenvalue weighted by atomic mass is 19.4. The summed E-state index contributed by atoms with van der Waals surface area (Å²) in [5, 5.41) is 5.74. The Balaban J connectivity index is 1.80. The second kappa shape index (κ2) is 10.6. The number of hydrogen-bond donors (Lipinski definition) is 2. The van der Waals surface area contributed by atoms with Crippen LogP contribution in [0.4, 0.5) is 36.3 Å². The Morgan fingerprint density at radius 1 is 0.909 bits per heavy atom. The molecule has 176 valence electrons. The summed E-state index contributed by atoms with van der Waals surface area (Å²) >= 11 is 0. The molecule has 3 aromatic rings. The summed E-state index contributed by atoms with van der Waals surface area (Å²) in [6, 6.07) is 14.4. The summed E-state index contributed by atoms with van der Waals surface area (Å²) in [6.07, 6.45) is -2.82. The van der Waals surface area contributed by atoms with Crippen molar-refractivity contribution >= 4 is 23.1 Å². The maximum atomic E-state index is 13.5. The van der Waals surface area contributed by atoms with E-state index in [1.807, 2.05) is 12.1 Å². The van der Waals surface area contributed by atoms with Gasteiger partial charge in [0.15, 0.2) is 0 Å². The van der Waals surface area contributed by atoms with Crippen molar-refractivity contribution in [3.8, 4) is 5.75 Å². The molecule has 1 heterocycles. The average Bonchev–Trinajstić information content (AvgIpc) is 2.78. The molecule has 0 bridgehead atoms. The second-order valence-corrected chi connectivity index (χ2v) is 8.36. The van der Waals surface area contributed by atoms with Gasteiger partial charge in [-0.25, -0.2) is 4.98 Å². The Labute approximate surface area is 192 Å². The molecule has 0 aliphatic rings. The van der Waals surface area contributed by atoms with Crippen LogP contribution < -0.4 is 15.4 Å². The van der Waals surface area contributed by atoms with Crippen LogP contribution in [-0.2, 0) is 6.18 Å². The van der Waals surface area contributed by atoms with Gasteiger partial charge in [0.25, 0.3) is 0 Å². The molecule has 0 amide bonds. The van der Waals surface area contributed by atoms with Crippen molar-refractivity contribution in [2.24, 2.45) is 5.92 Å². The minimum Gasteiger partial charge on any atom is -0.493 e. The zero-order valence-electron chi connectivity index (χ0n) is 19.2. The number of anilines is 4. The third kappa shape index (κ3) is 6.84. The Morgan fingerprint density at radius 2 is 1.52 bits per heavy atom. The molecular weight excluding hydrogens is 429 g/mol. The molecule has 33 heavy (non-hydrogen) atoms. The monoisotopic (exact) mass is 458 g/mol. The molecule has 1 atom stereocenters. The van der Waals surface area contributed by atoms with Crippen LogP contribution in [0, 0.1) is 5.92 Å². The molecule has 5 nitrogen and oxygen atoms in total. The summed E-state index contributed by atoms with van der Waals surface area (Å²) in [5.41, 5.74) is 1.35. The summed E-state index contributed by atoms with van der Waals surface area (Å²) in [4.78, 5) is 7.96. The number of nitrogens with one attached hydrogen (secondary N) is 2. The van der Waals surface area contributed by atoms with E-state index < -0.39 is 11.7 Å². The zero-order chi connectivity index (χ0) is 24.0. The van der Waals surface area contributed by atoms with Gasteiger partial charge in [-0.1, -0.05) is 39.8 Å². The molecule has 8 heteroatoms. The number of alkyl halides is 3. The van der Waals surface area contributed by atoms with Crippen molar-refractivity contribution in [2.75, 3.05) is 17.2 Å². The van der Waals surface area contributed by atoms with Gasteiger partial charge in [0, 0.05) is 17.6 Å². The molecular formula is C25H29F3N4O. The van der Waals surface area contributed by atoms with Gasteiger partial charge in [0.2, 0.25) is 5.95 Å². The molecule has 2 aromatic carbocycles. The first-order valence-corrected chi connectivity index (χ1v) is 11.0. The lowest BCUT2D eigenvalue weighted by atomic mass is 9.99. The average molecular weight is 459 g/mol. The topological polar surface area (TPSA) is 59.1 Å². The predicted molar refractivity (Wildman–Crippen MR) is 126 cm³/mol. The van der Waals surface area contributed by atoms with Crippen molar-refractivity contribution in [1.29, 1.82) is 0 Å². The fourth-order valence-electron chi connectivity index (χ4n) is 3.04. The van der Waals surface area contributed by atoms with Gasteiger partial charge < -0.3 is 15.4 Å². The lowest BCUT2D eigenvalue weighted by molar-refractivity contribution is -0.137. The fourth-order valence-corrected chi connectivity index (χ4v) is 3.04. The quantitative estimate of drug-likeness (QED) is 0.347. The number of benzene rings is 2. The lowest BCUT2D eigenvalue weighted by Crippen LogP contribution is -2.12. The van der Waals surface area contributed by atoms with Crippen molar-refractivity contribution in [3.63, 3.8) is 0 Å². The van der Waals surface area contributed by atoms with E-state index in [1.54, 1.807) is 36.4 Å². The lowest BCUT2D eigenvalue weighted by Gasteiger charge is -2.16. The SMILES string of the molecule is CCC(C)c1ccc(Nc2nc(Nc3ccc(OCC(C)C)cc3)ncc2C(F)(F)F)cc1. The summed E-state index contributed by atoms with van der Waals surface area (Å²) in [5.74, 6) is 1.24. The highest BCUT2D eigenvalue weighted by Gasteiger charge is 2.35. The van der Waals surface area contributed by atoms with Gasteiger partial charge in [-0.15, -0.1) is 0 Å². The van der Waals surface area contributed by atoms with Crippen molar-refractivity contribution in [3.05, 3.63) is 65.9 Å². The maximum absolute atomic E-state index is 13.5. The van der Waals surface area contributed by atoms with Gasteiger partial charge in [0.1, 0.15) is 17.1 Å². The van der Waals surface area contributed by atoms with Crippen LogP contribution in [0.15, 0.2) is 54.7 Å². The zero-order valence-corrected chi connectivity index (χ0v) is 19.2. The van der Waals surface area contributed by atoms with Crippen LogP contribution >= 0.6 is 0 Å². The summed E-state index contributed by atoms with van der Waals surface area (Å²) < 4.78 is 46.3. The fraction of sp³-hybridized carbons (Fsp3) is 0.360. The Bertz CT molecular complexity index is 1040. The Hall–Kier alpha value is -3.29. The van der Waals surface area contributed by atoms with E-state index in [9.17, 15) is 13.2 Å². The molecule has 0 spiro atoms. The molecule has 0 radical (unpaired) electrons. The van der Waals surface area contributed by atoms with E-state index in [2.05, 4.69) is 48.3 Å². The number of aromatic nitrogens is 2. The molecule has 1 aromatic heterocycles. The van der Waals surface area contributed by atoms with Gasteiger partial charge in [-0.2, -0.15) is 18.2 Å². The molecule has 0 aliphatic carbocycles. The third-order valence-corrected chi connectivity index (χ3v) is 5.14. The molecule has 3 rings (SSSR count). The van der Waals surface area contributed by atoms with E-state index in [4.69, 9.17) is 4.74 Å². The molecule has 0 saturated heterocycles. The normalized spacial score (nSPS) is 12.5. The van der Waals surface area contributed by atoms with Gasteiger partial charge in [-0.3, -0.25) is 0 Å². The van der Waals surface area contributed by atoms with Crippen LogP contribution in [0.2, 0.25) is 0 Å². The minimum atomic E-state index is -4.59. The third-order valence-electron chi connectivity index (χ3n) is 5.14. The molecule has 2 N–H and O–H groups in total. The molecule has 1 unspecified atom stereocenters. The van der Waals surface area contributed by atoms with Crippen molar-refractivity contribution < 1.29 is 17.9 Å². The van der Waals surface area contributed by atoms with Crippen LogP contribution in [-0.4, -0.2) is 16.6 Å². The number of ether oxygens (including phenoxy) is 1. The highest BCUT2D eigenvalue weighted by molar-refractivity contribution is 5.63. The number of hydrogen-bond acceptors (Lipinski definition) is 5. The first-order chi connectivity index (χ1) is 15.7. The van der Waals surface area contributed by atoms with Crippen LogP contribution in [0.25, 0.3) is 0 Å². The largest absolute Gasteiger partial charge is 0.493 e. The van der Waals surface area contributed by atoms with E-state index in [1.165, 1.54) is 0 Å². The van der Waals surface area contributed by atoms with Crippen LogP contribution in [0.3, 0.4) is 0 Å². The molecule has 0 fully saturated rings. The highest BCUT2D eigenvalue weighted by Crippen LogP contribution is 2.35. The van der Waals surface area contributed by atoms with Gasteiger partial charge >= 0.3 is 6.18 Å². The van der Waals surface area contributed by atoms with Gasteiger partial charge in [0.05, 0.1) is 6.61 Å². The number of nitrogens with zero attached hydrogens (tertiary/aromatic N) is 2. The first kappa shape index (κ1) is 24.4. The second-order valence-electron chi connectivity index (χ2n) is 8.36. The first-order valence-electron chi connectivity index (χ1n) is 11.0. The number of halogens is 3. The van der Waals surface area contributed by atoms with Gasteiger partial charge in [-0.05, 0) is 60.2 Å². The summed E-state index contributed by atoms with van der Waals surface area (Å²) in [7, 11) is 0. The molecule has 0 saturated carbocycles. The predicted octanol–water partition coefficient (Wildman–Crippen LogP) is 7.53. The standard InChI is InChI=1S/C25H29F3N4O/c1-5-17(4)18-6-8-19(9-7-18)30-23-22(25(26,27)28)14-29-24(32-23)31-20-10-12-21(13-11-20)33-15-16(2)3/h6-14,16-17H,5,15H2,1-4H3,(H2,29,30,31,32). The van der Waals surface area contributed by atoms with E-state index in [-0.39, 0.29) is 11.8 Å². The van der Waals surface area contributed by atoms with E-state index >= 15 is 0 Å². The Kier molecular flexibility index (Phi) is 7.79. The van der Waals surface area contributed by atoms with Crippen molar-refractivity contribution in [2.45, 2.75) is 46.2 Å².